The zero-order valence-corrected chi connectivity index (χ0v) is 24.3. The van der Waals surface area contributed by atoms with Crippen LogP contribution >= 0.6 is 11.8 Å². The summed E-state index contributed by atoms with van der Waals surface area (Å²) < 4.78 is 12.5. The summed E-state index contributed by atoms with van der Waals surface area (Å²) in [5.41, 5.74) is -0.677. The van der Waals surface area contributed by atoms with Crippen molar-refractivity contribution in [2.45, 2.75) is 112 Å². The summed E-state index contributed by atoms with van der Waals surface area (Å²) in [5.74, 6) is 1.41. The van der Waals surface area contributed by atoms with Gasteiger partial charge in [0.1, 0.15) is 35.9 Å². The monoisotopic (exact) mass is 567 g/mol. The molecule has 0 spiro atoms. The lowest BCUT2D eigenvalue weighted by atomic mass is 9.85. The third kappa shape index (κ3) is 7.20. The van der Waals surface area contributed by atoms with Gasteiger partial charge in [-0.1, -0.05) is 26.0 Å². The van der Waals surface area contributed by atoms with Gasteiger partial charge < -0.3 is 40.3 Å². The molecule has 5 heterocycles. The van der Waals surface area contributed by atoms with Crippen LogP contribution in [0.15, 0.2) is 12.2 Å². The summed E-state index contributed by atoms with van der Waals surface area (Å²) in [4.78, 5) is 16.1. The van der Waals surface area contributed by atoms with Gasteiger partial charge in [0.05, 0.1) is 12.1 Å². The first-order chi connectivity index (χ1) is 18.8. The number of ether oxygens (including phenoxy) is 2. The lowest BCUT2D eigenvalue weighted by Gasteiger charge is -2.44. The maximum Gasteiger partial charge on any atom is 0.240 e. The van der Waals surface area contributed by atoms with E-state index in [1.165, 1.54) is 31.0 Å². The Balaban J connectivity index is 1.26. The van der Waals surface area contributed by atoms with E-state index >= 15 is 0 Å². The van der Waals surface area contributed by atoms with Gasteiger partial charge >= 0.3 is 0 Å². The second-order valence-electron chi connectivity index (χ2n) is 12.8. The van der Waals surface area contributed by atoms with Gasteiger partial charge in [-0.15, -0.1) is 11.8 Å². The van der Waals surface area contributed by atoms with Gasteiger partial charge in [-0.3, -0.25) is 4.79 Å². The Labute approximate surface area is 237 Å². The largest absolute Gasteiger partial charge is 0.388 e. The summed E-state index contributed by atoms with van der Waals surface area (Å²) >= 11 is 1.53. The van der Waals surface area contributed by atoms with Crippen molar-refractivity contribution in [1.29, 1.82) is 0 Å². The number of hydrogen-bond acceptors (Lipinski definition) is 9. The number of likely N-dealkylation sites (tertiary alicyclic amines) is 1. The predicted octanol–water partition coefficient (Wildman–Crippen LogP) is 1.26. The molecule has 11 atom stereocenters. The lowest BCUT2D eigenvalue weighted by Crippen LogP contribution is -2.64. The first-order valence-electron chi connectivity index (χ1n) is 15.2. The van der Waals surface area contributed by atoms with Crippen LogP contribution in [0.4, 0.5) is 0 Å². The average molecular weight is 568 g/mol. The summed E-state index contributed by atoms with van der Waals surface area (Å²) in [6, 6.07) is -0.997. The van der Waals surface area contributed by atoms with Crippen LogP contribution in [0.5, 0.6) is 0 Å². The molecule has 9 nitrogen and oxygen atoms in total. The molecule has 0 aromatic carbocycles. The smallest absolute Gasteiger partial charge is 0.240 e. The van der Waals surface area contributed by atoms with Crippen LogP contribution in [0.1, 0.15) is 58.8 Å². The molecule has 0 saturated carbocycles. The molecular formula is C29H49N3O6S. The fourth-order valence-electron chi connectivity index (χ4n) is 7.25. The van der Waals surface area contributed by atoms with E-state index in [1.807, 2.05) is 0 Å². The highest BCUT2D eigenvalue weighted by atomic mass is 32.2. The molecule has 4 fully saturated rings. The highest BCUT2D eigenvalue weighted by Gasteiger charge is 2.49. The maximum atomic E-state index is 13.6. The molecule has 2 bridgehead atoms. The van der Waals surface area contributed by atoms with Gasteiger partial charge in [0.25, 0.3) is 0 Å². The Morgan fingerprint density at radius 2 is 1.87 bits per heavy atom. The lowest BCUT2D eigenvalue weighted by molar-refractivity contribution is -0.205. The van der Waals surface area contributed by atoms with Crippen molar-refractivity contribution < 1.29 is 29.6 Å². The van der Waals surface area contributed by atoms with Gasteiger partial charge in [0, 0.05) is 24.9 Å². The summed E-state index contributed by atoms with van der Waals surface area (Å²) in [5, 5.41) is 39.3. The molecule has 1 amide bonds. The molecule has 4 saturated heterocycles. The second-order valence-corrected chi connectivity index (χ2v) is 14.2. The molecule has 0 unspecified atom stereocenters. The summed E-state index contributed by atoms with van der Waals surface area (Å²) in [6.07, 6.45) is 6.37. The van der Waals surface area contributed by atoms with Gasteiger partial charge in [0.15, 0.2) is 0 Å². The third-order valence-corrected chi connectivity index (χ3v) is 10.6. The van der Waals surface area contributed by atoms with Crippen LogP contribution in [0.25, 0.3) is 0 Å². The van der Waals surface area contributed by atoms with Gasteiger partial charge in [0.2, 0.25) is 5.91 Å². The number of nitrogens with zero attached hydrogens (tertiary/aromatic N) is 1. The van der Waals surface area contributed by atoms with Crippen LogP contribution < -0.4 is 10.6 Å². The van der Waals surface area contributed by atoms with E-state index < -0.39 is 41.9 Å². The molecule has 39 heavy (non-hydrogen) atoms. The van der Waals surface area contributed by atoms with Gasteiger partial charge in [-0.05, 0) is 75.8 Å². The van der Waals surface area contributed by atoms with Crippen molar-refractivity contribution >= 4 is 17.7 Å². The SMILES string of the molecule is CC(C)C[C@@H]1CCO[C@@H]2[C@H](CN[C@@H]2C(=O)N[C@@H]2C/C=C\C[C@@H](CN3CCCC3)S[C@H]3O[C@H]2[C@H](O)[C@H](O)[C@H]3O)C1. The van der Waals surface area contributed by atoms with Crippen LogP contribution in [0.3, 0.4) is 0 Å². The van der Waals surface area contributed by atoms with Crippen LogP contribution in [-0.2, 0) is 14.3 Å². The van der Waals surface area contributed by atoms with Gasteiger partial charge in [-0.25, -0.2) is 0 Å². The number of fused-ring (bicyclic) bond motifs is 3. The Morgan fingerprint density at radius 3 is 2.64 bits per heavy atom. The van der Waals surface area contributed by atoms with E-state index in [1.54, 1.807) is 0 Å². The second kappa shape index (κ2) is 13.5. The van der Waals surface area contributed by atoms with Crippen molar-refractivity contribution in [2.24, 2.45) is 17.8 Å². The maximum absolute atomic E-state index is 13.6. The molecule has 5 rings (SSSR count). The first-order valence-corrected chi connectivity index (χ1v) is 16.1. The van der Waals surface area contributed by atoms with E-state index in [4.69, 9.17) is 9.47 Å². The van der Waals surface area contributed by atoms with E-state index in [0.717, 1.165) is 45.4 Å². The van der Waals surface area contributed by atoms with Gasteiger partial charge in [-0.2, -0.15) is 0 Å². The fraction of sp³-hybridized carbons (Fsp3) is 0.897. The normalized spacial score (nSPS) is 44.5. The first kappa shape index (κ1) is 29.8. The molecule has 0 aromatic heterocycles. The molecule has 10 heteroatoms. The van der Waals surface area contributed by atoms with E-state index in [9.17, 15) is 20.1 Å². The Kier molecular flexibility index (Phi) is 10.3. The standard InChI is InChI=1S/C29H49N3O6S/c1-17(2)13-18-9-12-37-26-19(14-18)15-30-22(26)28(36)31-21-8-4-3-7-20(16-32-10-5-6-11-32)39-29-25(35)23(33)24(34)27(21)38-29/h3-4,17-27,29-30,33-35H,5-16H2,1-2H3,(H,31,36)/b4-3-/t18-,19-,20-,21+,22-,23-,24+,25+,26+,27+,29+/m0/s1. The Hall–Kier alpha value is -0.720. The van der Waals surface area contributed by atoms with E-state index in [0.29, 0.717) is 30.8 Å². The molecule has 0 aromatic rings. The van der Waals surface area contributed by atoms with Crippen molar-refractivity contribution in [1.82, 2.24) is 15.5 Å². The number of aliphatic hydroxyl groups excluding tert-OH is 3. The molecule has 5 N–H and O–H groups in total. The molecule has 0 radical (unpaired) electrons. The molecule has 0 aliphatic carbocycles. The van der Waals surface area contributed by atoms with Crippen LogP contribution in [-0.4, -0.2) is 112 Å². The number of allylic oxidation sites excluding steroid dienone is 1. The Morgan fingerprint density at radius 1 is 1.10 bits per heavy atom. The summed E-state index contributed by atoms with van der Waals surface area (Å²) in [6.45, 7) is 9.02. The van der Waals surface area contributed by atoms with Crippen molar-refractivity contribution in [3.63, 3.8) is 0 Å². The number of aliphatic hydroxyl groups is 3. The number of amides is 1. The number of rotatable bonds is 6. The minimum absolute atomic E-state index is 0.159. The zero-order chi connectivity index (χ0) is 27.5. The number of thioether (sulfide) groups is 1. The summed E-state index contributed by atoms with van der Waals surface area (Å²) in [7, 11) is 0. The number of carbonyl (C=O) groups is 1. The molecule has 222 valence electrons. The minimum Gasteiger partial charge on any atom is -0.388 e. The van der Waals surface area contributed by atoms with Crippen molar-refractivity contribution in [2.75, 3.05) is 32.8 Å². The number of carbonyl (C=O) groups excluding carboxylic acids is 1. The average Bonchev–Trinajstić information content (AvgIpc) is 3.51. The quantitative estimate of drug-likeness (QED) is 0.302. The highest BCUT2D eigenvalue weighted by molar-refractivity contribution is 8.00. The van der Waals surface area contributed by atoms with Crippen LogP contribution in [0, 0.1) is 17.8 Å². The number of hydrogen-bond donors (Lipinski definition) is 5. The Bertz CT molecular complexity index is 842. The van der Waals surface area contributed by atoms with Crippen LogP contribution in [0.2, 0.25) is 0 Å². The molecule has 5 aliphatic heterocycles. The zero-order valence-electron chi connectivity index (χ0n) is 23.5. The molecule has 5 aliphatic rings. The van der Waals surface area contributed by atoms with E-state index in [-0.39, 0.29) is 17.3 Å². The third-order valence-electron chi connectivity index (χ3n) is 9.23. The molecular weight excluding hydrogens is 518 g/mol. The topological polar surface area (TPSA) is 124 Å². The highest BCUT2D eigenvalue weighted by Crippen LogP contribution is 2.36. The van der Waals surface area contributed by atoms with Crippen molar-refractivity contribution in [3.05, 3.63) is 12.2 Å². The fourth-order valence-corrected chi connectivity index (χ4v) is 8.66. The number of nitrogens with one attached hydrogen (secondary N) is 2. The minimum atomic E-state index is -1.34. The van der Waals surface area contributed by atoms with E-state index in [2.05, 4.69) is 41.5 Å². The van der Waals surface area contributed by atoms with Crippen molar-refractivity contribution in [3.8, 4) is 0 Å². The predicted molar refractivity (Wildman–Crippen MR) is 151 cm³/mol.